The number of rotatable bonds is 6. The molecular weight excluding hydrogens is 218 g/mol. The van der Waals surface area contributed by atoms with Crippen molar-refractivity contribution in [3.8, 4) is 0 Å². The van der Waals surface area contributed by atoms with Gasteiger partial charge in [-0.05, 0) is 31.5 Å². The minimum atomic E-state index is -0.321. The summed E-state index contributed by atoms with van der Waals surface area (Å²) in [4.78, 5) is 11.5. The number of benzene rings is 1. The Morgan fingerprint density at radius 2 is 2.18 bits per heavy atom. The van der Waals surface area contributed by atoms with Gasteiger partial charge in [0.15, 0.2) is 0 Å². The van der Waals surface area contributed by atoms with E-state index in [1.165, 1.54) is 7.11 Å². The van der Waals surface area contributed by atoms with Crippen molar-refractivity contribution >= 4 is 5.97 Å². The van der Waals surface area contributed by atoms with E-state index in [2.05, 4.69) is 5.32 Å². The second-order valence-electron chi connectivity index (χ2n) is 3.96. The third kappa shape index (κ3) is 4.54. The third-order valence-corrected chi connectivity index (χ3v) is 2.48. The Morgan fingerprint density at radius 3 is 2.82 bits per heavy atom. The summed E-state index contributed by atoms with van der Waals surface area (Å²) in [5.74, 6) is -0.321. The van der Waals surface area contributed by atoms with Gasteiger partial charge in [-0.3, -0.25) is 0 Å². The molecule has 4 nitrogen and oxygen atoms in total. The number of hydrogen-bond acceptors (Lipinski definition) is 4. The summed E-state index contributed by atoms with van der Waals surface area (Å²) in [6, 6.07) is 7.34. The highest BCUT2D eigenvalue weighted by atomic mass is 16.5. The Labute approximate surface area is 102 Å². The molecule has 0 aliphatic heterocycles. The van der Waals surface area contributed by atoms with E-state index in [0.717, 1.165) is 5.56 Å². The number of nitrogens with one attached hydrogen (secondary N) is 1. The molecule has 17 heavy (non-hydrogen) atoms. The van der Waals surface area contributed by atoms with Crippen LogP contribution in [0.4, 0.5) is 0 Å². The minimum Gasteiger partial charge on any atom is -0.465 e. The number of hydrogen-bond donors (Lipinski definition) is 2. The van der Waals surface area contributed by atoms with Crippen LogP contribution in [-0.4, -0.2) is 30.8 Å². The van der Waals surface area contributed by atoms with Gasteiger partial charge in [0, 0.05) is 6.54 Å². The molecular formula is C13H19NO3. The Bertz CT molecular complexity index is 363. The van der Waals surface area contributed by atoms with Crippen molar-refractivity contribution in [2.24, 2.45) is 0 Å². The molecule has 0 radical (unpaired) electrons. The Balaban J connectivity index is 2.55. The molecule has 0 fully saturated rings. The maximum Gasteiger partial charge on any atom is 0.338 e. The first-order chi connectivity index (χ1) is 8.15. The predicted octanol–water partition coefficient (Wildman–Crippen LogP) is 1.33. The summed E-state index contributed by atoms with van der Waals surface area (Å²) in [5.41, 5.74) is 1.49. The lowest BCUT2D eigenvalue weighted by Crippen LogP contribution is -2.20. The lowest BCUT2D eigenvalue weighted by Gasteiger charge is -2.09. The maximum absolute atomic E-state index is 11.5. The van der Waals surface area contributed by atoms with E-state index in [1.807, 2.05) is 18.2 Å². The summed E-state index contributed by atoms with van der Waals surface area (Å²) in [6.07, 6.45) is 0.388. The van der Waals surface area contributed by atoms with Gasteiger partial charge in [0.25, 0.3) is 0 Å². The van der Waals surface area contributed by atoms with Gasteiger partial charge in [0.2, 0.25) is 0 Å². The molecule has 1 unspecified atom stereocenters. The number of methoxy groups -OCH3 is 1. The molecule has 0 aliphatic rings. The van der Waals surface area contributed by atoms with Crippen molar-refractivity contribution < 1.29 is 14.6 Å². The molecule has 0 saturated carbocycles. The first kappa shape index (κ1) is 13.7. The second-order valence-corrected chi connectivity index (χ2v) is 3.96. The van der Waals surface area contributed by atoms with Crippen LogP contribution in [0, 0.1) is 0 Å². The summed E-state index contributed by atoms with van der Waals surface area (Å²) >= 11 is 0. The SMILES string of the molecule is COC(=O)c1ccccc1CNCCC(C)O. The molecule has 0 aromatic heterocycles. The number of aliphatic hydroxyl groups excluding tert-OH is 1. The zero-order chi connectivity index (χ0) is 12.7. The molecule has 94 valence electrons. The van der Waals surface area contributed by atoms with Crippen molar-refractivity contribution in [3.05, 3.63) is 35.4 Å². The zero-order valence-corrected chi connectivity index (χ0v) is 10.3. The fraction of sp³-hybridized carbons (Fsp3) is 0.462. The Morgan fingerprint density at radius 1 is 1.47 bits per heavy atom. The van der Waals surface area contributed by atoms with Crippen LogP contribution in [-0.2, 0) is 11.3 Å². The fourth-order valence-electron chi connectivity index (χ4n) is 1.52. The number of esters is 1. The predicted molar refractivity (Wildman–Crippen MR) is 65.8 cm³/mol. The minimum absolute atomic E-state index is 0.307. The third-order valence-electron chi connectivity index (χ3n) is 2.48. The summed E-state index contributed by atoms with van der Waals surface area (Å²) in [7, 11) is 1.37. The fourth-order valence-corrected chi connectivity index (χ4v) is 1.52. The average Bonchev–Trinajstić information content (AvgIpc) is 2.34. The zero-order valence-electron chi connectivity index (χ0n) is 10.3. The maximum atomic E-state index is 11.5. The molecule has 2 N–H and O–H groups in total. The van der Waals surface area contributed by atoms with Crippen molar-refractivity contribution in [3.63, 3.8) is 0 Å². The van der Waals surface area contributed by atoms with Crippen LogP contribution < -0.4 is 5.32 Å². The molecule has 0 aliphatic carbocycles. The molecule has 0 saturated heterocycles. The average molecular weight is 237 g/mol. The van der Waals surface area contributed by atoms with Crippen molar-refractivity contribution in [2.75, 3.05) is 13.7 Å². The number of ether oxygens (including phenoxy) is 1. The molecule has 1 aromatic carbocycles. The van der Waals surface area contributed by atoms with E-state index in [4.69, 9.17) is 9.84 Å². The normalized spacial score (nSPS) is 12.2. The van der Waals surface area contributed by atoms with Crippen LogP contribution >= 0.6 is 0 Å². The number of aliphatic hydroxyl groups is 1. The topological polar surface area (TPSA) is 58.6 Å². The largest absolute Gasteiger partial charge is 0.465 e. The summed E-state index contributed by atoms with van der Waals surface area (Å²) < 4.78 is 4.71. The quantitative estimate of drug-likeness (QED) is 0.579. The first-order valence-electron chi connectivity index (χ1n) is 5.70. The second kappa shape index (κ2) is 7.04. The molecule has 1 atom stereocenters. The van der Waals surface area contributed by atoms with Gasteiger partial charge in [-0.25, -0.2) is 4.79 Å². The van der Waals surface area contributed by atoms with E-state index >= 15 is 0 Å². The lowest BCUT2D eigenvalue weighted by atomic mass is 10.1. The number of carbonyl (C=O) groups is 1. The van der Waals surface area contributed by atoms with E-state index < -0.39 is 0 Å². The highest BCUT2D eigenvalue weighted by Crippen LogP contribution is 2.09. The van der Waals surface area contributed by atoms with Crippen LogP contribution in [0.2, 0.25) is 0 Å². The Kier molecular flexibility index (Phi) is 5.66. The first-order valence-corrected chi connectivity index (χ1v) is 5.70. The van der Waals surface area contributed by atoms with E-state index in [0.29, 0.717) is 25.1 Å². The molecule has 1 aromatic rings. The number of carbonyl (C=O) groups excluding carboxylic acids is 1. The highest BCUT2D eigenvalue weighted by Gasteiger charge is 2.10. The van der Waals surface area contributed by atoms with Gasteiger partial charge >= 0.3 is 5.97 Å². The van der Waals surface area contributed by atoms with Crippen molar-refractivity contribution in [1.82, 2.24) is 5.32 Å². The van der Waals surface area contributed by atoms with Crippen LogP contribution in [0.15, 0.2) is 24.3 Å². The molecule has 0 spiro atoms. The lowest BCUT2D eigenvalue weighted by molar-refractivity contribution is 0.0599. The van der Waals surface area contributed by atoms with Gasteiger partial charge in [0.1, 0.15) is 0 Å². The van der Waals surface area contributed by atoms with Crippen molar-refractivity contribution in [1.29, 1.82) is 0 Å². The standard InChI is InChI=1S/C13H19NO3/c1-10(15)7-8-14-9-11-5-3-4-6-12(11)13(16)17-2/h3-6,10,14-15H,7-9H2,1-2H3. The molecule has 0 amide bonds. The smallest absolute Gasteiger partial charge is 0.338 e. The van der Waals surface area contributed by atoms with Crippen LogP contribution in [0.3, 0.4) is 0 Å². The summed E-state index contributed by atoms with van der Waals surface area (Å²) in [6.45, 7) is 3.06. The van der Waals surface area contributed by atoms with Gasteiger partial charge in [-0.2, -0.15) is 0 Å². The molecule has 0 bridgehead atoms. The van der Waals surface area contributed by atoms with E-state index in [1.54, 1.807) is 13.0 Å². The van der Waals surface area contributed by atoms with Gasteiger partial charge in [-0.15, -0.1) is 0 Å². The molecule has 0 heterocycles. The van der Waals surface area contributed by atoms with Crippen LogP contribution in [0.1, 0.15) is 29.3 Å². The monoisotopic (exact) mass is 237 g/mol. The van der Waals surface area contributed by atoms with Gasteiger partial charge < -0.3 is 15.2 Å². The van der Waals surface area contributed by atoms with Gasteiger partial charge in [-0.1, -0.05) is 18.2 Å². The summed E-state index contributed by atoms with van der Waals surface area (Å²) in [5, 5.41) is 12.3. The van der Waals surface area contributed by atoms with Crippen molar-refractivity contribution in [2.45, 2.75) is 26.0 Å². The van der Waals surface area contributed by atoms with Crippen LogP contribution in [0.5, 0.6) is 0 Å². The Hall–Kier alpha value is -1.39. The molecule has 4 heteroatoms. The molecule has 1 rings (SSSR count). The van der Waals surface area contributed by atoms with E-state index in [-0.39, 0.29) is 12.1 Å². The van der Waals surface area contributed by atoms with E-state index in [9.17, 15) is 4.79 Å². The van der Waals surface area contributed by atoms with Gasteiger partial charge in [0.05, 0.1) is 18.8 Å². The highest BCUT2D eigenvalue weighted by molar-refractivity contribution is 5.90. The van der Waals surface area contributed by atoms with Crippen LogP contribution in [0.25, 0.3) is 0 Å².